The topological polar surface area (TPSA) is 96.8 Å². The van der Waals surface area contributed by atoms with Gasteiger partial charge in [0.2, 0.25) is 6.33 Å². The molecular formula is C20H22N5O2. The Hall–Kier alpha value is -2.77. The van der Waals surface area contributed by atoms with Crippen LogP contribution in [0.2, 0.25) is 0 Å². The third-order valence-corrected chi connectivity index (χ3v) is 5.26. The maximum absolute atomic E-state index is 11.5. The molecular weight excluding hydrogens is 342 g/mol. The second-order valence-electron chi connectivity index (χ2n) is 7.04. The lowest BCUT2D eigenvalue weighted by Crippen LogP contribution is -2.34. The van der Waals surface area contributed by atoms with Crippen LogP contribution in [0.4, 0.5) is 0 Å². The third-order valence-electron chi connectivity index (χ3n) is 5.26. The van der Waals surface area contributed by atoms with Crippen LogP contribution in [0.1, 0.15) is 28.8 Å². The molecule has 0 aliphatic carbocycles. The summed E-state index contributed by atoms with van der Waals surface area (Å²) in [7, 11) is 0. The Bertz CT molecular complexity index is 943. The molecule has 0 bridgehead atoms. The number of nitrogens with two attached hydrogens (primary N) is 1. The van der Waals surface area contributed by atoms with E-state index in [1.807, 2.05) is 6.07 Å². The Labute approximate surface area is 157 Å². The lowest BCUT2D eigenvalue weighted by molar-refractivity contribution is 0.100. The maximum atomic E-state index is 11.5. The van der Waals surface area contributed by atoms with E-state index < -0.39 is 5.91 Å². The molecule has 1 saturated heterocycles. The summed E-state index contributed by atoms with van der Waals surface area (Å²) >= 11 is 0. The summed E-state index contributed by atoms with van der Waals surface area (Å²) in [4.78, 5) is 18.0. The van der Waals surface area contributed by atoms with Gasteiger partial charge in [-0.2, -0.15) is 0 Å². The van der Waals surface area contributed by atoms with Crippen molar-refractivity contribution in [2.45, 2.75) is 19.4 Å². The van der Waals surface area contributed by atoms with Crippen LogP contribution in [0.5, 0.6) is 0 Å². The Kier molecular flexibility index (Phi) is 4.87. The molecule has 0 spiro atoms. The predicted molar refractivity (Wildman–Crippen MR) is 101 cm³/mol. The first kappa shape index (κ1) is 17.6. The van der Waals surface area contributed by atoms with Crippen LogP contribution < -0.4 is 5.73 Å². The Balaban J connectivity index is 1.53. The van der Waals surface area contributed by atoms with Gasteiger partial charge in [0.25, 0.3) is 5.91 Å². The number of carbonyl (C=O) groups excluding carboxylic acids is 1. The predicted octanol–water partition coefficient (Wildman–Crippen LogP) is 1.50. The van der Waals surface area contributed by atoms with Gasteiger partial charge in [0, 0.05) is 18.7 Å². The fraction of sp³-hybridized carbons (Fsp3) is 0.350. The molecule has 1 amide bonds. The van der Waals surface area contributed by atoms with E-state index in [4.69, 9.17) is 5.73 Å². The Morgan fingerprint density at radius 3 is 2.59 bits per heavy atom. The van der Waals surface area contributed by atoms with Crippen LogP contribution >= 0.6 is 0 Å². The number of aromatic nitrogens is 3. The lowest BCUT2D eigenvalue weighted by Gasteiger charge is -2.31. The molecule has 27 heavy (non-hydrogen) atoms. The highest BCUT2D eigenvalue weighted by atomic mass is 16.3. The van der Waals surface area contributed by atoms with E-state index in [2.05, 4.69) is 45.6 Å². The van der Waals surface area contributed by atoms with E-state index in [9.17, 15) is 9.90 Å². The number of primary amides is 1. The number of piperidine rings is 1. The molecule has 7 heteroatoms. The standard InChI is InChI=1S/C20H22N5O2/c21-19(27)17-5-6-18(25-20(17)22-13-23-25)16-3-1-14(2-4-16)11-24-9-7-15(12-26)8-10-24/h1-6,15,26H,7-12H2,(H2,21,27). The molecule has 0 saturated carbocycles. The van der Waals surface area contributed by atoms with Crippen molar-refractivity contribution in [2.24, 2.45) is 11.7 Å². The molecule has 1 fully saturated rings. The number of pyridine rings is 1. The summed E-state index contributed by atoms with van der Waals surface area (Å²) < 4.78 is 1.59. The highest BCUT2D eigenvalue weighted by molar-refractivity contribution is 5.99. The van der Waals surface area contributed by atoms with Gasteiger partial charge in [0.15, 0.2) is 5.65 Å². The molecule has 0 unspecified atom stereocenters. The van der Waals surface area contributed by atoms with Crippen LogP contribution in [0.3, 0.4) is 0 Å². The number of fused-ring (bicyclic) bond motifs is 1. The van der Waals surface area contributed by atoms with Crippen LogP contribution in [0.25, 0.3) is 16.9 Å². The highest BCUT2D eigenvalue weighted by Crippen LogP contribution is 2.23. The molecule has 4 rings (SSSR count). The summed E-state index contributed by atoms with van der Waals surface area (Å²) in [6.07, 6.45) is 4.66. The number of rotatable bonds is 5. The van der Waals surface area contributed by atoms with Gasteiger partial charge >= 0.3 is 0 Å². The molecule has 7 nitrogen and oxygen atoms in total. The summed E-state index contributed by atoms with van der Waals surface area (Å²) in [6.45, 7) is 3.25. The van der Waals surface area contributed by atoms with Crippen LogP contribution in [-0.4, -0.2) is 50.2 Å². The zero-order chi connectivity index (χ0) is 18.8. The molecule has 3 aromatic rings. The third kappa shape index (κ3) is 3.56. The number of hydrogen-bond acceptors (Lipinski definition) is 5. The van der Waals surface area contributed by atoms with Gasteiger partial charge in [-0.15, -0.1) is 5.10 Å². The molecule has 1 aromatic carbocycles. The van der Waals surface area contributed by atoms with Crippen molar-refractivity contribution < 1.29 is 9.90 Å². The van der Waals surface area contributed by atoms with E-state index in [1.165, 1.54) is 5.56 Å². The quantitative estimate of drug-likeness (QED) is 0.715. The van der Waals surface area contributed by atoms with Crippen molar-refractivity contribution in [1.82, 2.24) is 19.5 Å². The number of benzene rings is 1. The van der Waals surface area contributed by atoms with Crippen LogP contribution in [0.15, 0.2) is 36.4 Å². The van der Waals surface area contributed by atoms with Gasteiger partial charge in [-0.05, 0) is 49.5 Å². The second kappa shape index (κ2) is 7.46. The molecule has 1 aliphatic rings. The van der Waals surface area contributed by atoms with Crippen molar-refractivity contribution in [3.05, 3.63) is 53.9 Å². The molecule has 3 heterocycles. The van der Waals surface area contributed by atoms with E-state index in [1.54, 1.807) is 10.6 Å². The van der Waals surface area contributed by atoms with Gasteiger partial charge in [0.05, 0.1) is 11.3 Å². The lowest BCUT2D eigenvalue weighted by atomic mass is 9.97. The number of aliphatic hydroxyl groups is 1. The molecule has 1 aliphatic heterocycles. The monoisotopic (exact) mass is 364 g/mol. The smallest absolute Gasteiger partial charge is 0.252 e. The fourth-order valence-corrected chi connectivity index (χ4v) is 3.64. The first-order valence-corrected chi connectivity index (χ1v) is 9.14. The zero-order valence-corrected chi connectivity index (χ0v) is 15.0. The maximum Gasteiger partial charge on any atom is 0.252 e. The van der Waals surface area contributed by atoms with E-state index in [0.717, 1.165) is 43.7 Å². The minimum Gasteiger partial charge on any atom is -0.396 e. The molecule has 1 radical (unpaired) electrons. The number of carbonyl (C=O) groups is 1. The van der Waals surface area contributed by atoms with Crippen molar-refractivity contribution >= 4 is 11.6 Å². The summed E-state index contributed by atoms with van der Waals surface area (Å²) in [5.74, 6) is -0.0813. The molecule has 0 atom stereocenters. The number of likely N-dealkylation sites (tertiary alicyclic amines) is 1. The molecule has 3 N–H and O–H groups in total. The van der Waals surface area contributed by atoms with Gasteiger partial charge in [0.1, 0.15) is 0 Å². The first-order valence-electron chi connectivity index (χ1n) is 9.14. The van der Waals surface area contributed by atoms with Crippen molar-refractivity contribution in [1.29, 1.82) is 0 Å². The normalized spacial score (nSPS) is 16.0. The summed E-state index contributed by atoms with van der Waals surface area (Å²) in [6, 6.07) is 11.8. The van der Waals surface area contributed by atoms with Crippen molar-refractivity contribution in [3.63, 3.8) is 0 Å². The zero-order valence-electron chi connectivity index (χ0n) is 15.0. The van der Waals surface area contributed by atoms with Gasteiger partial charge < -0.3 is 10.8 Å². The average molecular weight is 364 g/mol. The van der Waals surface area contributed by atoms with E-state index in [-0.39, 0.29) is 0 Å². The van der Waals surface area contributed by atoms with Crippen molar-refractivity contribution in [3.8, 4) is 11.3 Å². The number of hydrogen-bond donors (Lipinski definition) is 2. The Morgan fingerprint density at radius 2 is 1.93 bits per heavy atom. The van der Waals surface area contributed by atoms with Crippen molar-refractivity contribution in [2.75, 3.05) is 19.7 Å². The highest BCUT2D eigenvalue weighted by Gasteiger charge is 2.18. The van der Waals surface area contributed by atoms with E-state index in [0.29, 0.717) is 23.7 Å². The molecule has 139 valence electrons. The fourth-order valence-electron chi connectivity index (χ4n) is 3.64. The first-order chi connectivity index (χ1) is 13.2. The molecule has 2 aromatic heterocycles. The number of nitrogens with zero attached hydrogens (tertiary/aromatic N) is 4. The minimum absolute atomic E-state index is 0.297. The van der Waals surface area contributed by atoms with Gasteiger partial charge in [-0.25, -0.2) is 9.50 Å². The van der Waals surface area contributed by atoms with Crippen LogP contribution in [0, 0.1) is 12.2 Å². The largest absolute Gasteiger partial charge is 0.396 e. The minimum atomic E-state index is -0.534. The van der Waals surface area contributed by atoms with Gasteiger partial charge in [-0.3, -0.25) is 9.69 Å². The summed E-state index contributed by atoms with van der Waals surface area (Å²) in [5.41, 5.74) is 9.21. The number of aliphatic hydroxyl groups excluding tert-OH is 1. The second-order valence-corrected chi connectivity index (χ2v) is 7.04. The Morgan fingerprint density at radius 1 is 1.19 bits per heavy atom. The average Bonchev–Trinajstić information content (AvgIpc) is 3.18. The van der Waals surface area contributed by atoms with Crippen LogP contribution in [-0.2, 0) is 6.54 Å². The van der Waals surface area contributed by atoms with Gasteiger partial charge in [-0.1, -0.05) is 24.3 Å². The number of amides is 1. The SMILES string of the molecule is NC(=O)c1ccc(-c2ccc(CN3CCC(CO)CC3)cc2)n2n[c]nc12. The van der Waals surface area contributed by atoms with E-state index >= 15 is 0 Å². The summed E-state index contributed by atoms with van der Waals surface area (Å²) in [5, 5.41) is 13.4.